The highest BCUT2D eigenvalue weighted by atomic mass is 32.2. The fraction of sp³-hybridized carbons (Fsp3) is 0.107. The van der Waals surface area contributed by atoms with Crippen molar-refractivity contribution in [3.8, 4) is 5.69 Å². The molecule has 0 fully saturated rings. The van der Waals surface area contributed by atoms with E-state index >= 15 is 0 Å². The SMILES string of the molecule is C1=Cc2c(c3ccccc3n2C2=CC(CCc3ccccc3)C(N(c3ccccc3)c3ccc(-n4c5ccccc5c5ccccc54)cc3Sc3ccccc3)C=C2)CC1. The van der Waals surface area contributed by atoms with Gasteiger partial charge in [-0.2, -0.15) is 0 Å². The van der Waals surface area contributed by atoms with E-state index in [4.69, 9.17) is 0 Å². The molecule has 0 saturated carbocycles. The Hall–Kier alpha value is -6.75. The summed E-state index contributed by atoms with van der Waals surface area (Å²) < 4.78 is 4.96. The molecule has 2 aliphatic rings. The molecule has 60 heavy (non-hydrogen) atoms. The molecule has 0 aliphatic heterocycles. The van der Waals surface area contributed by atoms with E-state index in [0.717, 1.165) is 31.4 Å². The first-order valence-electron chi connectivity index (χ1n) is 21.2. The predicted octanol–water partition coefficient (Wildman–Crippen LogP) is 14.7. The van der Waals surface area contributed by atoms with Gasteiger partial charge in [0.15, 0.2) is 0 Å². The van der Waals surface area contributed by atoms with E-state index in [0.29, 0.717) is 0 Å². The quantitative estimate of drug-likeness (QED) is 0.137. The number of fused-ring (bicyclic) bond motifs is 6. The van der Waals surface area contributed by atoms with Gasteiger partial charge in [-0.25, -0.2) is 0 Å². The van der Waals surface area contributed by atoms with Crippen LogP contribution in [0.5, 0.6) is 0 Å². The zero-order valence-electron chi connectivity index (χ0n) is 33.4. The second-order valence-electron chi connectivity index (χ2n) is 15.9. The molecule has 4 heteroatoms. The van der Waals surface area contributed by atoms with E-state index in [1.807, 2.05) is 11.8 Å². The van der Waals surface area contributed by atoms with Gasteiger partial charge in [-0.05, 0) is 110 Å². The Morgan fingerprint density at radius 1 is 0.583 bits per heavy atom. The van der Waals surface area contributed by atoms with Crippen LogP contribution < -0.4 is 4.90 Å². The topological polar surface area (TPSA) is 13.1 Å². The van der Waals surface area contributed by atoms with Gasteiger partial charge in [0.05, 0.1) is 28.3 Å². The number of anilines is 2. The molecular weight excluding hydrogens is 747 g/mol. The fourth-order valence-corrected chi connectivity index (χ4v) is 10.6. The summed E-state index contributed by atoms with van der Waals surface area (Å²) in [5.41, 5.74) is 12.6. The Labute approximate surface area is 356 Å². The number of benzene rings is 7. The molecule has 7 aromatic carbocycles. The van der Waals surface area contributed by atoms with Crippen LogP contribution in [0.2, 0.25) is 0 Å². The Kier molecular flexibility index (Phi) is 9.56. The van der Waals surface area contributed by atoms with Gasteiger partial charge >= 0.3 is 0 Å². The first-order valence-corrected chi connectivity index (χ1v) is 22.0. The fourth-order valence-electron chi connectivity index (χ4n) is 9.64. The summed E-state index contributed by atoms with van der Waals surface area (Å²) in [6.07, 6.45) is 16.3. The monoisotopic (exact) mass is 791 g/mol. The molecule has 0 bridgehead atoms. The van der Waals surface area contributed by atoms with Crippen LogP contribution in [0.1, 0.15) is 29.7 Å². The van der Waals surface area contributed by atoms with E-state index < -0.39 is 0 Å². The van der Waals surface area contributed by atoms with Crippen LogP contribution in [0.15, 0.2) is 216 Å². The van der Waals surface area contributed by atoms with Crippen molar-refractivity contribution >= 4 is 67.6 Å². The van der Waals surface area contributed by atoms with Gasteiger partial charge in [-0.3, -0.25) is 0 Å². The Morgan fingerprint density at radius 3 is 1.92 bits per heavy atom. The van der Waals surface area contributed by atoms with Gasteiger partial charge in [0.2, 0.25) is 0 Å². The lowest BCUT2D eigenvalue weighted by molar-refractivity contribution is 0.518. The second kappa shape index (κ2) is 15.8. The predicted molar refractivity (Wildman–Crippen MR) is 255 cm³/mol. The number of para-hydroxylation sites is 4. The Balaban J connectivity index is 1.09. The average Bonchev–Trinajstić information content (AvgIpc) is 3.83. The summed E-state index contributed by atoms with van der Waals surface area (Å²) >= 11 is 1.84. The molecule has 2 heterocycles. The summed E-state index contributed by atoms with van der Waals surface area (Å²) in [6, 6.07) is 66.6. The molecule has 0 N–H and O–H groups in total. The molecule has 0 radical (unpaired) electrons. The van der Waals surface area contributed by atoms with E-state index in [-0.39, 0.29) is 12.0 Å². The van der Waals surface area contributed by atoms with Gasteiger partial charge in [0, 0.05) is 54.6 Å². The standard InChI is InChI=1S/C56H45N3S/c1-4-18-40(19-5-1)32-33-41-38-43(58-51-28-14-10-24-46(51)47-25-11-15-29-52(47)58)34-36-50(41)57(42-20-6-2-7-21-42)55-37-35-44(39-56(55)60-45-22-8-3-9-23-45)59-53-30-16-12-26-48(53)49-27-13-17-31-54(49)59/h1-10,12-24,26-31,34-39,41,50H,11,25,32-33H2. The van der Waals surface area contributed by atoms with Crippen molar-refractivity contribution in [3.05, 3.63) is 223 Å². The first-order chi connectivity index (χ1) is 29.8. The number of hydrogen-bond acceptors (Lipinski definition) is 2. The maximum absolute atomic E-state index is 2.61. The number of allylic oxidation sites excluding steroid dienone is 3. The molecule has 2 atom stereocenters. The number of hydrogen-bond donors (Lipinski definition) is 0. The van der Waals surface area contributed by atoms with Crippen LogP contribution in [0.25, 0.3) is 50.2 Å². The molecule has 9 aromatic rings. The lowest BCUT2D eigenvalue weighted by Gasteiger charge is -2.39. The highest BCUT2D eigenvalue weighted by Crippen LogP contribution is 2.45. The van der Waals surface area contributed by atoms with Gasteiger partial charge in [-0.1, -0.05) is 151 Å². The Bertz CT molecular complexity index is 3030. The number of aromatic nitrogens is 2. The van der Waals surface area contributed by atoms with Crippen molar-refractivity contribution in [2.75, 3.05) is 4.90 Å². The number of rotatable bonds is 10. The normalized spacial score (nSPS) is 16.0. The zero-order valence-corrected chi connectivity index (χ0v) is 34.3. The van der Waals surface area contributed by atoms with Crippen LogP contribution in [0.3, 0.4) is 0 Å². The minimum atomic E-state index is 0.0577. The largest absolute Gasteiger partial charge is 0.333 e. The summed E-state index contributed by atoms with van der Waals surface area (Å²) in [4.78, 5) is 5.04. The van der Waals surface area contributed by atoms with Crippen LogP contribution in [-0.4, -0.2) is 15.2 Å². The van der Waals surface area contributed by atoms with Crippen LogP contribution in [-0.2, 0) is 12.8 Å². The van der Waals surface area contributed by atoms with Crippen molar-refractivity contribution in [1.29, 1.82) is 0 Å². The van der Waals surface area contributed by atoms with Crippen molar-refractivity contribution in [2.45, 2.75) is 41.5 Å². The van der Waals surface area contributed by atoms with Crippen molar-refractivity contribution < 1.29 is 0 Å². The molecule has 290 valence electrons. The molecule has 3 nitrogen and oxygen atoms in total. The molecule has 0 saturated heterocycles. The third-order valence-corrected chi connectivity index (χ3v) is 13.4. The summed E-state index contributed by atoms with van der Waals surface area (Å²) in [5.74, 6) is 0.210. The van der Waals surface area contributed by atoms with E-state index in [1.54, 1.807) is 0 Å². The number of aryl methyl sites for hydroxylation is 2. The van der Waals surface area contributed by atoms with Crippen molar-refractivity contribution in [3.63, 3.8) is 0 Å². The molecule has 11 rings (SSSR count). The van der Waals surface area contributed by atoms with E-state index in [1.165, 1.54) is 76.4 Å². The maximum atomic E-state index is 2.61. The molecule has 0 spiro atoms. The van der Waals surface area contributed by atoms with Crippen molar-refractivity contribution in [1.82, 2.24) is 9.13 Å². The Morgan fingerprint density at radius 2 is 1.20 bits per heavy atom. The van der Waals surface area contributed by atoms with Gasteiger partial charge in [0.1, 0.15) is 0 Å². The second-order valence-corrected chi connectivity index (χ2v) is 17.0. The highest BCUT2D eigenvalue weighted by molar-refractivity contribution is 7.99. The lowest BCUT2D eigenvalue weighted by Crippen LogP contribution is -2.37. The molecule has 2 aromatic heterocycles. The summed E-state index contributed by atoms with van der Waals surface area (Å²) in [6.45, 7) is 0. The first kappa shape index (κ1) is 36.3. The van der Waals surface area contributed by atoms with Crippen LogP contribution >= 0.6 is 11.8 Å². The summed E-state index contributed by atoms with van der Waals surface area (Å²) in [7, 11) is 0. The van der Waals surface area contributed by atoms with Crippen molar-refractivity contribution in [2.24, 2.45) is 5.92 Å². The number of nitrogens with zero attached hydrogens (tertiary/aromatic N) is 3. The average molecular weight is 792 g/mol. The third-order valence-electron chi connectivity index (χ3n) is 12.4. The lowest BCUT2D eigenvalue weighted by atomic mass is 9.86. The zero-order chi connectivity index (χ0) is 39.8. The highest BCUT2D eigenvalue weighted by Gasteiger charge is 2.32. The smallest absolute Gasteiger partial charge is 0.0590 e. The van der Waals surface area contributed by atoms with E-state index in [9.17, 15) is 0 Å². The minimum Gasteiger partial charge on any atom is -0.333 e. The van der Waals surface area contributed by atoms with Gasteiger partial charge in [0.25, 0.3) is 0 Å². The van der Waals surface area contributed by atoms with Crippen LogP contribution in [0, 0.1) is 5.92 Å². The van der Waals surface area contributed by atoms with Crippen LogP contribution in [0.4, 0.5) is 11.4 Å². The molecular formula is C56H45N3S. The van der Waals surface area contributed by atoms with Gasteiger partial charge < -0.3 is 14.0 Å². The molecule has 2 unspecified atom stereocenters. The maximum Gasteiger partial charge on any atom is 0.0590 e. The third kappa shape index (κ3) is 6.58. The summed E-state index contributed by atoms with van der Waals surface area (Å²) in [5, 5.41) is 3.90. The minimum absolute atomic E-state index is 0.0577. The van der Waals surface area contributed by atoms with Gasteiger partial charge in [-0.15, -0.1) is 0 Å². The molecule has 0 amide bonds. The van der Waals surface area contributed by atoms with E-state index in [2.05, 4.69) is 226 Å². The molecule has 2 aliphatic carbocycles.